The Morgan fingerprint density at radius 2 is 2.05 bits per heavy atom. The van der Waals surface area contributed by atoms with Gasteiger partial charge in [0.2, 0.25) is 0 Å². The second-order valence-corrected chi connectivity index (χ2v) is 5.03. The minimum absolute atomic E-state index is 0.307. The first-order valence-corrected chi connectivity index (χ1v) is 6.88. The van der Waals surface area contributed by atoms with E-state index < -0.39 is 0 Å². The van der Waals surface area contributed by atoms with Crippen molar-refractivity contribution in [3.05, 3.63) is 77.3 Å². The lowest BCUT2D eigenvalue weighted by atomic mass is 10.2. The van der Waals surface area contributed by atoms with Crippen LogP contribution in [0.2, 0.25) is 5.02 Å². The van der Waals surface area contributed by atoms with E-state index in [4.69, 9.17) is 11.6 Å². The highest BCUT2D eigenvalue weighted by Gasteiger charge is 2.03. The summed E-state index contributed by atoms with van der Waals surface area (Å²) in [5.41, 5.74) is 2.42. The van der Waals surface area contributed by atoms with Crippen LogP contribution in [0.1, 0.15) is 5.56 Å². The van der Waals surface area contributed by atoms with Gasteiger partial charge in [-0.25, -0.2) is 9.07 Å². The van der Waals surface area contributed by atoms with Crippen LogP contribution >= 0.6 is 11.6 Å². The van der Waals surface area contributed by atoms with Crippen molar-refractivity contribution in [1.29, 1.82) is 0 Å². The van der Waals surface area contributed by atoms with E-state index in [-0.39, 0.29) is 5.82 Å². The monoisotopic (exact) mass is 301 g/mol. The molecule has 0 aliphatic carbocycles. The molecule has 1 aromatic heterocycles. The Morgan fingerprint density at radius 1 is 1.14 bits per heavy atom. The third-order valence-corrected chi connectivity index (χ3v) is 3.35. The topological polar surface area (TPSA) is 29.9 Å². The Morgan fingerprint density at radius 3 is 2.81 bits per heavy atom. The average Bonchev–Trinajstić information content (AvgIpc) is 3.01. The normalized spacial score (nSPS) is 10.6. The van der Waals surface area contributed by atoms with Crippen molar-refractivity contribution in [2.75, 3.05) is 5.32 Å². The molecule has 1 heterocycles. The van der Waals surface area contributed by atoms with Crippen molar-refractivity contribution in [3.63, 3.8) is 0 Å². The fourth-order valence-electron chi connectivity index (χ4n) is 2.04. The summed E-state index contributed by atoms with van der Waals surface area (Å²) in [4.78, 5) is 0. The van der Waals surface area contributed by atoms with Gasteiger partial charge in [-0.15, -0.1) is 0 Å². The molecule has 3 rings (SSSR count). The summed E-state index contributed by atoms with van der Waals surface area (Å²) >= 11 is 5.74. The molecule has 0 aliphatic rings. The fraction of sp³-hybridized carbons (Fsp3) is 0.0625. The first-order chi connectivity index (χ1) is 10.2. The number of rotatable bonds is 4. The summed E-state index contributed by atoms with van der Waals surface area (Å²) in [6.45, 7) is 0.394. The molecule has 1 N–H and O–H groups in total. The van der Waals surface area contributed by atoms with Gasteiger partial charge in [-0.05, 0) is 36.4 Å². The van der Waals surface area contributed by atoms with E-state index in [2.05, 4.69) is 10.4 Å². The van der Waals surface area contributed by atoms with Gasteiger partial charge in [0.15, 0.2) is 0 Å². The lowest BCUT2D eigenvalue weighted by Gasteiger charge is -2.09. The van der Waals surface area contributed by atoms with E-state index in [9.17, 15) is 4.39 Å². The molecular formula is C16H13ClFN3. The molecule has 0 bridgehead atoms. The smallest absolute Gasteiger partial charge is 0.129 e. The van der Waals surface area contributed by atoms with Crippen LogP contribution in [0.4, 0.5) is 10.1 Å². The van der Waals surface area contributed by atoms with Crippen LogP contribution < -0.4 is 5.32 Å². The van der Waals surface area contributed by atoms with Crippen LogP contribution in [-0.2, 0) is 6.54 Å². The number of hydrogen-bond acceptors (Lipinski definition) is 2. The van der Waals surface area contributed by atoms with Crippen LogP contribution in [-0.4, -0.2) is 9.78 Å². The number of aromatic nitrogens is 2. The Hall–Kier alpha value is -2.33. The molecule has 2 aromatic carbocycles. The van der Waals surface area contributed by atoms with Gasteiger partial charge in [0, 0.05) is 35.2 Å². The zero-order chi connectivity index (χ0) is 14.7. The molecule has 0 saturated carbocycles. The van der Waals surface area contributed by atoms with Gasteiger partial charge in [-0.2, -0.15) is 5.10 Å². The predicted molar refractivity (Wildman–Crippen MR) is 82.3 cm³/mol. The standard InChI is InChI=1S/C16H13ClFN3/c17-13-6-5-12(16(18)9-13)11-19-14-3-1-4-15(10-14)21-8-2-7-20-21/h1-10,19H,11H2. The van der Waals surface area contributed by atoms with Gasteiger partial charge >= 0.3 is 0 Å². The summed E-state index contributed by atoms with van der Waals surface area (Å²) in [7, 11) is 0. The second-order valence-electron chi connectivity index (χ2n) is 4.59. The SMILES string of the molecule is Fc1cc(Cl)ccc1CNc1cccc(-n2cccn2)c1. The highest BCUT2D eigenvalue weighted by atomic mass is 35.5. The van der Waals surface area contributed by atoms with Crippen molar-refractivity contribution in [1.82, 2.24) is 9.78 Å². The fourth-order valence-corrected chi connectivity index (χ4v) is 2.20. The highest BCUT2D eigenvalue weighted by molar-refractivity contribution is 6.30. The van der Waals surface area contributed by atoms with E-state index in [1.807, 2.05) is 36.5 Å². The van der Waals surface area contributed by atoms with E-state index in [0.29, 0.717) is 17.1 Å². The Labute approximate surface area is 127 Å². The van der Waals surface area contributed by atoms with Crippen molar-refractivity contribution in [2.24, 2.45) is 0 Å². The second kappa shape index (κ2) is 5.97. The molecule has 0 radical (unpaired) electrons. The van der Waals surface area contributed by atoms with Gasteiger partial charge < -0.3 is 5.32 Å². The molecule has 0 saturated heterocycles. The quantitative estimate of drug-likeness (QED) is 0.779. The number of nitrogens with one attached hydrogen (secondary N) is 1. The maximum absolute atomic E-state index is 13.7. The van der Waals surface area contributed by atoms with Crippen molar-refractivity contribution >= 4 is 17.3 Å². The Balaban J connectivity index is 1.75. The summed E-state index contributed by atoms with van der Waals surface area (Å²) in [6.07, 6.45) is 3.60. The van der Waals surface area contributed by atoms with Gasteiger partial charge in [0.1, 0.15) is 5.82 Å². The molecule has 21 heavy (non-hydrogen) atoms. The number of benzene rings is 2. The van der Waals surface area contributed by atoms with Gasteiger partial charge in [-0.1, -0.05) is 23.7 Å². The van der Waals surface area contributed by atoms with Crippen LogP contribution in [0.25, 0.3) is 5.69 Å². The minimum atomic E-state index is -0.307. The first kappa shape index (κ1) is 13.6. The molecule has 0 unspecified atom stereocenters. The lowest BCUT2D eigenvalue weighted by molar-refractivity contribution is 0.613. The molecule has 0 amide bonds. The maximum atomic E-state index is 13.7. The molecule has 0 fully saturated rings. The molecule has 5 heteroatoms. The van der Waals surface area contributed by atoms with Crippen LogP contribution in [0.5, 0.6) is 0 Å². The van der Waals surface area contributed by atoms with Gasteiger partial charge in [0.05, 0.1) is 5.69 Å². The van der Waals surface area contributed by atoms with Crippen molar-refractivity contribution in [2.45, 2.75) is 6.54 Å². The minimum Gasteiger partial charge on any atom is -0.381 e. The van der Waals surface area contributed by atoms with Crippen molar-refractivity contribution < 1.29 is 4.39 Å². The third kappa shape index (κ3) is 3.23. The predicted octanol–water partition coefficient (Wildman–Crippen LogP) is 4.28. The number of hydrogen-bond donors (Lipinski definition) is 1. The molecule has 106 valence electrons. The molecular weight excluding hydrogens is 289 g/mol. The summed E-state index contributed by atoms with van der Waals surface area (Å²) in [5.74, 6) is -0.307. The van der Waals surface area contributed by atoms with E-state index in [1.54, 1.807) is 23.0 Å². The summed E-state index contributed by atoms with van der Waals surface area (Å²) in [6, 6.07) is 14.3. The van der Waals surface area contributed by atoms with Gasteiger partial charge in [-0.3, -0.25) is 0 Å². The molecule has 0 spiro atoms. The summed E-state index contributed by atoms with van der Waals surface area (Å²) < 4.78 is 15.5. The summed E-state index contributed by atoms with van der Waals surface area (Å²) in [5, 5.41) is 7.78. The average molecular weight is 302 g/mol. The first-order valence-electron chi connectivity index (χ1n) is 6.50. The van der Waals surface area contributed by atoms with Crippen LogP contribution in [0, 0.1) is 5.82 Å². The Bertz CT molecular complexity index is 741. The highest BCUT2D eigenvalue weighted by Crippen LogP contribution is 2.18. The number of anilines is 1. The number of nitrogens with zero attached hydrogens (tertiary/aromatic N) is 2. The largest absolute Gasteiger partial charge is 0.381 e. The zero-order valence-corrected chi connectivity index (χ0v) is 11.9. The molecule has 0 aliphatic heterocycles. The van der Waals surface area contributed by atoms with Crippen LogP contribution in [0.15, 0.2) is 60.9 Å². The van der Waals surface area contributed by atoms with E-state index in [0.717, 1.165) is 11.4 Å². The Kier molecular flexibility index (Phi) is 3.88. The maximum Gasteiger partial charge on any atom is 0.129 e. The molecule has 3 nitrogen and oxygen atoms in total. The lowest BCUT2D eigenvalue weighted by Crippen LogP contribution is -2.03. The third-order valence-electron chi connectivity index (χ3n) is 3.11. The zero-order valence-electron chi connectivity index (χ0n) is 11.1. The van der Waals surface area contributed by atoms with E-state index in [1.165, 1.54) is 6.07 Å². The molecule has 0 atom stereocenters. The molecule has 3 aromatic rings. The van der Waals surface area contributed by atoms with Crippen molar-refractivity contribution in [3.8, 4) is 5.69 Å². The van der Waals surface area contributed by atoms with Crippen LogP contribution in [0.3, 0.4) is 0 Å². The van der Waals surface area contributed by atoms with Gasteiger partial charge in [0.25, 0.3) is 0 Å². The van der Waals surface area contributed by atoms with E-state index >= 15 is 0 Å². The number of halogens is 2.